The predicted molar refractivity (Wildman–Crippen MR) is 130 cm³/mol. The Morgan fingerprint density at radius 3 is 1.73 bits per heavy atom. The molecule has 0 N–H and O–H groups in total. The van der Waals surface area contributed by atoms with Crippen molar-refractivity contribution < 1.29 is 71.3 Å². The second kappa shape index (κ2) is 12.1. The van der Waals surface area contributed by atoms with Crippen LogP contribution < -0.4 is 0 Å². The van der Waals surface area contributed by atoms with Gasteiger partial charge in [0, 0.05) is 27.7 Å². The molecule has 0 saturated carbocycles. The molecular formula is C26H38O15. The first kappa shape index (κ1) is 31.5. The molecule has 0 aromatic rings. The molecule has 0 aromatic heterocycles. The van der Waals surface area contributed by atoms with Crippen molar-refractivity contribution in [2.45, 2.75) is 128 Å². The number of hydrogen-bond donors (Lipinski definition) is 0. The molecule has 0 amide bonds. The molecule has 0 aliphatic carbocycles. The second-order valence-electron chi connectivity index (χ2n) is 11.1. The number of carbonyl (C=O) groups is 4. The highest BCUT2D eigenvalue weighted by molar-refractivity contribution is 5.68. The maximum Gasteiger partial charge on any atom is 0.303 e. The molecule has 15 nitrogen and oxygen atoms in total. The molecule has 4 rings (SSSR count). The van der Waals surface area contributed by atoms with Crippen LogP contribution in [0.4, 0.5) is 0 Å². The van der Waals surface area contributed by atoms with E-state index in [-0.39, 0.29) is 13.2 Å². The molecule has 15 heteroatoms. The Hall–Kier alpha value is -2.40. The molecular weight excluding hydrogens is 552 g/mol. The molecule has 10 atom stereocenters. The van der Waals surface area contributed by atoms with E-state index in [2.05, 4.69) is 0 Å². The van der Waals surface area contributed by atoms with Gasteiger partial charge in [-0.3, -0.25) is 19.2 Å². The van der Waals surface area contributed by atoms with Crippen LogP contribution >= 0.6 is 0 Å². The highest BCUT2D eigenvalue weighted by Gasteiger charge is 2.61. The van der Waals surface area contributed by atoms with Crippen molar-refractivity contribution in [2.24, 2.45) is 0 Å². The van der Waals surface area contributed by atoms with Crippen LogP contribution in [-0.2, 0) is 71.3 Å². The monoisotopic (exact) mass is 590 g/mol. The highest BCUT2D eigenvalue weighted by Crippen LogP contribution is 2.44. The zero-order chi connectivity index (χ0) is 30.3. The normalized spacial score (nSPS) is 38.7. The first-order valence-corrected chi connectivity index (χ1v) is 13.3. The summed E-state index contributed by atoms with van der Waals surface area (Å²) < 4.78 is 63.8. The molecule has 41 heavy (non-hydrogen) atoms. The van der Waals surface area contributed by atoms with Gasteiger partial charge in [0.05, 0.1) is 6.61 Å². The number of rotatable bonds is 8. The number of hydrogen-bond acceptors (Lipinski definition) is 15. The lowest BCUT2D eigenvalue weighted by Gasteiger charge is -2.44. The van der Waals surface area contributed by atoms with E-state index in [9.17, 15) is 19.2 Å². The van der Waals surface area contributed by atoms with Crippen LogP contribution in [0.5, 0.6) is 0 Å². The van der Waals surface area contributed by atoms with Gasteiger partial charge in [-0.2, -0.15) is 0 Å². The standard InChI is InChI=1S/C26H38O15/c1-11(27)31-9-15-17(33-12(2)28)19(34-13(3)29)21(35-14(4)30)23(36-15)32-10-16-18-20(39-25(5,6)38-18)22-24(37-16)41-26(7,8)40-22/h15-24H,9-10H2,1-8H3/t15-,16-,17+,18+,19+,20+,21-,22-,23-,24?/m1/s1. The zero-order valence-corrected chi connectivity index (χ0v) is 24.3. The summed E-state index contributed by atoms with van der Waals surface area (Å²) in [4.78, 5) is 47.6. The van der Waals surface area contributed by atoms with Gasteiger partial charge < -0.3 is 52.1 Å². The Morgan fingerprint density at radius 1 is 0.585 bits per heavy atom. The van der Waals surface area contributed by atoms with Crippen LogP contribution in [0.3, 0.4) is 0 Å². The number of ether oxygens (including phenoxy) is 11. The minimum atomic E-state index is -1.37. The predicted octanol–water partition coefficient (Wildman–Crippen LogP) is 0.483. The summed E-state index contributed by atoms with van der Waals surface area (Å²) in [5.74, 6) is -4.72. The molecule has 0 bridgehead atoms. The summed E-state index contributed by atoms with van der Waals surface area (Å²) in [7, 11) is 0. The molecule has 1 unspecified atom stereocenters. The smallest absolute Gasteiger partial charge is 0.303 e. The summed E-state index contributed by atoms with van der Waals surface area (Å²) in [6, 6.07) is 0. The van der Waals surface area contributed by atoms with Crippen molar-refractivity contribution in [3.05, 3.63) is 0 Å². The third-order valence-electron chi connectivity index (χ3n) is 6.62. The fraction of sp³-hybridized carbons (Fsp3) is 0.846. The van der Waals surface area contributed by atoms with Gasteiger partial charge in [0.2, 0.25) is 0 Å². The van der Waals surface area contributed by atoms with Gasteiger partial charge in [-0.15, -0.1) is 0 Å². The van der Waals surface area contributed by atoms with E-state index in [0.717, 1.165) is 20.8 Å². The van der Waals surface area contributed by atoms with Crippen molar-refractivity contribution in [2.75, 3.05) is 13.2 Å². The van der Waals surface area contributed by atoms with Crippen molar-refractivity contribution >= 4 is 23.9 Å². The summed E-state index contributed by atoms with van der Waals surface area (Å²) in [5.41, 5.74) is 0. The molecule has 0 radical (unpaired) electrons. The second-order valence-corrected chi connectivity index (χ2v) is 11.1. The average Bonchev–Trinajstić information content (AvgIpc) is 3.32. The topological polar surface area (TPSA) is 170 Å². The summed E-state index contributed by atoms with van der Waals surface area (Å²) >= 11 is 0. The SMILES string of the molecule is CC(=O)OC[C@H]1O[C@@H](OC[C@H]2OC3OC(C)(C)O[C@@H]3[C@H]3OC(C)(C)O[C@H]32)[C@H](OC(C)=O)[C@@H](OC(C)=O)[C@H]1OC(C)=O. The zero-order valence-electron chi connectivity index (χ0n) is 24.3. The quantitative estimate of drug-likeness (QED) is 0.282. The summed E-state index contributed by atoms with van der Waals surface area (Å²) in [6.07, 6.45) is -9.82. The third-order valence-corrected chi connectivity index (χ3v) is 6.62. The fourth-order valence-corrected chi connectivity index (χ4v) is 5.34. The number of esters is 4. The number of fused-ring (bicyclic) bond motifs is 3. The molecule has 232 valence electrons. The van der Waals surface area contributed by atoms with Crippen LogP contribution in [-0.4, -0.2) is 110 Å². The first-order valence-electron chi connectivity index (χ1n) is 13.3. The first-order chi connectivity index (χ1) is 19.0. The molecule has 0 aromatic carbocycles. The van der Waals surface area contributed by atoms with E-state index in [0.29, 0.717) is 0 Å². The Labute approximate surface area is 237 Å². The van der Waals surface area contributed by atoms with Crippen LogP contribution in [0.25, 0.3) is 0 Å². The average molecular weight is 591 g/mol. The minimum absolute atomic E-state index is 0.179. The lowest BCUT2D eigenvalue weighted by molar-refractivity contribution is -0.320. The van der Waals surface area contributed by atoms with Crippen LogP contribution in [0, 0.1) is 0 Å². The van der Waals surface area contributed by atoms with Gasteiger partial charge in [-0.05, 0) is 27.7 Å². The molecule has 4 fully saturated rings. The molecule has 4 saturated heterocycles. The van der Waals surface area contributed by atoms with Crippen molar-refractivity contribution in [1.82, 2.24) is 0 Å². The van der Waals surface area contributed by atoms with Gasteiger partial charge >= 0.3 is 23.9 Å². The van der Waals surface area contributed by atoms with Gasteiger partial charge in [-0.25, -0.2) is 0 Å². The lowest BCUT2D eigenvalue weighted by atomic mass is 9.97. The Bertz CT molecular complexity index is 1010. The van der Waals surface area contributed by atoms with Gasteiger partial charge in [0.15, 0.2) is 42.5 Å². The van der Waals surface area contributed by atoms with Gasteiger partial charge in [0.1, 0.15) is 37.1 Å². The Kier molecular flexibility index (Phi) is 9.28. The molecule has 4 aliphatic rings. The van der Waals surface area contributed by atoms with Crippen LogP contribution in [0.2, 0.25) is 0 Å². The van der Waals surface area contributed by atoms with Crippen molar-refractivity contribution in [3.63, 3.8) is 0 Å². The third kappa shape index (κ3) is 7.52. The van der Waals surface area contributed by atoms with Crippen molar-refractivity contribution in [3.8, 4) is 0 Å². The largest absolute Gasteiger partial charge is 0.463 e. The Balaban J connectivity index is 1.59. The van der Waals surface area contributed by atoms with Crippen LogP contribution in [0.1, 0.15) is 55.4 Å². The summed E-state index contributed by atoms with van der Waals surface area (Å²) in [6.45, 7) is 11.1. The molecule has 4 heterocycles. The summed E-state index contributed by atoms with van der Waals surface area (Å²) in [5, 5.41) is 0. The lowest BCUT2D eigenvalue weighted by Crippen LogP contribution is -2.63. The van der Waals surface area contributed by atoms with Gasteiger partial charge in [-0.1, -0.05) is 0 Å². The van der Waals surface area contributed by atoms with E-state index in [1.54, 1.807) is 27.7 Å². The van der Waals surface area contributed by atoms with Crippen LogP contribution in [0.15, 0.2) is 0 Å². The molecule has 0 spiro atoms. The van der Waals surface area contributed by atoms with E-state index >= 15 is 0 Å². The van der Waals surface area contributed by atoms with E-state index < -0.39 is 96.9 Å². The minimum Gasteiger partial charge on any atom is -0.463 e. The highest BCUT2D eigenvalue weighted by atomic mass is 16.9. The Morgan fingerprint density at radius 2 is 1.12 bits per heavy atom. The van der Waals surface area contributed by atoms with E-state index in [1.807, 2.05) is 0 Å². The molecule has 4 aliphatic heterocycles. The maximum atomic E-state index is 12.1. The van der Waals surface area contributed by atoms with E-state index in [1.165, 1.54) is 6.92 Å². The maximum absolute atomic E-state index is 12.1. The fourth-order valence-electron chi connectivity index (χ4n) is 5.34. The number of carbonyl (C=O) groups excluding carboxylic acids is 4. The van der Waals surface area contributed by atoms with Gasteiger partial charge in [0.25, 0.3) is 0 Å². The van der Waals surface area contributed by atoms with Crippen molar-refractivity contribution in [1.29, 1.82) is 0 Å². The van der Waals surface area contributed by atoms with E-state index in [4.69, 9.17) is 52.1 Å².